The average molecular weight is 481 g/mol. The zero-order chi connectivity index (χ0) is 24.8. The first-order valence-electron chi connectivity index (χ1n) is 9.76. The fourth-order valence-corrected chi connectivity index (χ4v) is 3.76. The summed E-state index contributed by atoms with van der Waals surface area (Å²) in [5.74, 6) is 4.46. The van der Waals surface area contributed by atoms with Gasteiger partial charge in [-0.25, -0.2) is 13.2 Å². The number of anilines is 1. The third-order valence-corrected chi connectivity index (χ3v) is 6.14. The van der Waals surface area contributed by atoms with Gasteiger partial charge in [0.2, 0.25) is 0 Å². The molecule has 2 aromatic carbocycles. The highest BCUT2D eigenvalue weighted by molar-refractivity contribution is 7.92. The molecule has 0 aliphatic carbocycles. The molecule has 0 heterocycles. The maximum atomic E-state index is 12.7. The van der Waals surface area contributed by atoms with Gasteiger partial charge in [0.1, 0.15) is 0 Å². The first kappa shape index (κ1) is 26.0. The second kappa shape index (κ2) is 10.6. The van der Waals surface area contributed by atoms with E-state index in [1.54, 1.807) is 12.1 Å². The first-order valence-corrected chi connectivity index (χ1v) is 11.2. The molecule has 0 aromatic heterocycles. The maximum absolute atomic E-state index is 12.7. The fourth-order valence-electron chi connectivity index (χ4n) is 3.00. The minimum atomic E-state index is -5.45. The highest BCUT2D eigenvalue weighted by Crippen LogP contribution is 2.30. The number of aliphatic carboxylic acids is 1. The Labute approximate surface area is 189 Å². The predicted molar refractivity (Wildman–Crippen MR) is 118 cm³/mol. The number of halogens is 3. The van der Waals surface area contributed by atoms with Crippen LogP contribution in [0.4, 0.5) is 18.9 Å². The van der Waals surface area contributed by atoms with Crippen molar-refractivity contribution in [3.05, 3.63) is 70.8 Å². The van der Waals surface area contributed by atoms with Gasteiger partial charge in [-0.1, -0.05) is 24.5 Å². The third-order valence-electron chi connectivity index (χ3n) is 4.64. The van der Waals surface area contributed by atoms with Gasteiger partial charge in [0.15, 0.2) is 0 Å². The number of carbonyl (C=O) groups is 1. The van der Waals surface area contributed by atoms with Gasteiger partial charge < -0.3 is 15.5 Å². The Bertz CT molecular complexity index is 1210. The molecule has 33 heavy (non-hydrogen) atoms. The van der Waals surface area contributed by atoms with Crippen LogP contribution in [0.15, 0.2) is 53.4 Å². The molecule has 0 fully saturated rings. The molecule has 0 unspecified atom stereocenters. The smallest absolute Gasteiger partial charge is 0.478 e. The number of carboxylic acids is 1. The lowest BCUT2D eigenvalue weighted by Gasteiger charge is -2.17. The molecule has 0 saturated heterocycles. The minimum absolute atomic E-state index is 0.0241. The molecule has 0 spiro atoms. The summed E-state index contributed by atoms with van der Waals surface area (Å²) in [4.78, 5) is 10.4. The van der Waals surface area contributed by atoms with E-state index in [0.717, 1.165) is 29.8 Å². The molecule has 0 amide bonds. The van der Waals surface area contributed by atoms with Crippen LogP contribution in [-0.2, 0) is 27.5 Å². The van der Waals surface area contributed by atoms with Crippen molar-refractivity contribution in [2.24, 2.45) is 0 Å². The Kier molecular flexibility index (Phi) is 8.30. The molecule has 6 nitrogen and oxygen atoms in total. The van der Waals surface area contributed by atoms with Gasteiger partial charge >= 0.3 is 11.5 Å². The summed E-state index contributed by atoms with van der Waals surface area (Å²) in [5, 5.41) is 21.8. The van der Waals surface area contributed by atoms with Crippen molar-refractivity contribution in [1.82, 2.24) is 0 Å². The summed E-state index contributed by atoms with van der Waals surface area (Å²) in [6.07, 6.45) is 0.307. The summed E-state index contributed by atoms with van der Waals surface area (Å²) in [7, 11) is -5.45. The quantitative estimate of drug-likeness (QED) is 0.394. The molecule has 0 radical (unpaired) electrons. The number of benzene rings is 2. The second-order valence-corrected chi connectivity index (χ2v) is 8.88. The monoisotopic (exact) mass is 481 g/mol. The van der Waals surface area contributed by atoms with E-state index < -0.39 is 26.2 Å². The van der Waals surface area contributed by atoms with E-state index in [2.05, 4.69) is 23.7 Å². The van der Waals surface area contributed by atoms with E-state index in [1.807, 2.05) is 6.92 Å². The number of nitrogens with one attached hydrogen (secondary N) is 1. The number of hydrogen-bond acceptors (Lipinski definition) is 5. The van der Waals surface area contributed by atoms with Crippen LogP contribution >= 0.6 is 0 Å². The number of rotatable bonds is 8. The van der Waals surface area contributed by atoms with Gasteiger partial charge in [-0.15, -0.1) is 0 Å². The van der Waals surface area contributed by atoms with Crippen molar-refractivity contribution in [2.75, 3.05) is 18.5 Å². The molecule has 10 heteroatoms. The van der Waals surface area contributed by atoms with Crippen molar-refractivity contribution in [3.63, 3.8) is 0 Å². The predicted octanol–water partition coefficient (Wildman–Crippen LogP) is 3.53. The van der Waals surface area contributed by atoms with Crippen LogP contribution < -0.4 is 5.32 Å². The van der Waals surface area contributed by atoms with E-state index in [-0.39, 0.29) is 24.2 Å². The van der Waals surface area contributed by atoms with Crippen LogP contribution in [0, 0.1) is 11.8 Å². The highest BCUT2D eigenvalue weighted by atomic mass is 32.2. The molecular formula is C23H22F3NO5S. The van der Waals surface area contributed by atoms with E-state index in [9.17, 15) is 36.6 Å². The average Bonchev–Trinajstić information content (AvgIpc) is 2.74. The third kappa shape index (κ3) is 6.15. The number of sulfone groups is 1. The lowest BCUT2D eigenvalue weighted by atomic mass is 9.94. The molecule has 0 saturated carbocycles. The molecule has 2 rings (SSSR count). The molecule has 0 aliphatic heterocycles. The van der Waals surface area contributed by atoms with Crippen LogP contribution in [0.1, 0.15) is 29.2 Å². The zero-order valence-corrected chi connectivity index (χ0v) is 18.5. The summed E-state index contributed by atoms with van der Waals surface area (Å²) in [5.41, 5.74) is -2.79. The molecule has 0 aliphatic rings. The lowest BCUT2D eigenvalue weighted by molar-refractivity contribution is -0.132. The number of aliphatic hydroxyl groups excluding tert-OH is 1. The lowest BCUT2D eigenvalue weighted by Crippen LogP contribution is -2.23. The van der Waals surface area contributed by atoms with Crippen molar-refractivity contribution >= 4 is 21.5 Å². The topological polar surface area (TPSA) is 104 Å². The summed E-state index contributed by atoms with van der Waals surface area (Å²) < 4.78 is 61.1. The Morgan fingerprint density at radius 3 is 2.27 bits per heavy atom. The van der Waals surface area contributed by atoms with Gasteiger partial charge in [0, 0.05) is 42.0 Å². The summed E-state index contributed by atoms with van der Waals surface area (Å²) >= 11 is 0. The van der Waals surface area contributed by atoms with Crippen molar-refractivity contribution < 1.29 is 36.6 Å². The van der Waals surface area contributed by atoms with E-state index in [0.29, 0.717) is 29.8 Å². The van der Waals surface area contributed by atoms with Gasteiger partial charge in [-0.2, -0.15) is 13.2 Å². The second-order valence-electron chi connectivity index (χ2n) is 6.94. The number of carboxylic acid groups (broad SMARTS) is 1. The molecule has 0 bridgehead atoms. The van der Waals surface area contributed by atoms with Crippen LogP contribution in [-0.4, -0.2) is 43.3 Å². The Morgan fingerprint density at radius 1 is 1.12 bits per heavy atom. The van der Waals surface area contributed by atoms with Gasteiger partial charge in [0.05, 0.1) is 4.90 Å². The van der Waals surface area contributed by atoms with Crippen LogP contribution in [0.5, 0.6) is 0 Å². The van der Waals surface area contributed by atoms with Gasteiger partial charge in [0.25, 0.3) is 9.84 Å². The minimum Gasteiger partial charge on any atom is -0.478 e. The number of alkyl halides is 3. The number of aliphatic hydroxyl groups is 1. The zero-order valence-electron chi connectivity index (χ0n) is 17.7. The molecule has 2 aromatic rings. The molecule has 0 atom stereocenters. The molecular weight excluding hydrogens is 459 g/mol. The normalized spacial score (nSPS) is 11.4. The Hall–Kier alpha value is -3.29. The van der Waals surface area contributed by atoms with Gasteiger partial charge in [-0.05, 0) is 54.8 Å². The fraction of sp³-hybridized carbons (Fsp3) is 0.261. The molecule has 176 valence electrons. The van der Waals surface area contributed by atoms with Crippen molar-refractivity contribution in [3.8, 4) is 11.8 Å². The van der Waals surface area contributed by atoms with Gasteiger partial charge in [-0.3, -0.25) is 0 Å². The van der Waals surface area contributed by atoms with Crippen molar-refractivity contribution in [2.45, 2.75) is 30.2 Å². The van der Waals surface area contributed by atoms with E-state index in [4.69, 9.17) is 0 Å². The Morgan fingerprint density at radius 2 is 1.76 bits per heavy atom. The highest BCUT2D eigenvalue weighted by Gasteiger charge is 2.46. The largest absolute Gasteiger partial charge is 0.501 e. The maximum Gasteiger partial charge on any atom is 0.501 e. The standard InChI is InChI=1S/C23H22F3NO5S/c1-3-27-21-18(12-13-28)9-8-17(20(21)14-15(2)22(29)30)7-4-16-5-10-19(11-6-16)33(31,32)23(24,25)26/h5-6,8-11,27-28H,2-3,12-14H2,1H3,(H,29,30). The van der Waals surface area contributed by atoms with E-state index >= 15 is 0 Å². The summed E-state index contributed by atoms with van der Waals surface area (Å²) in [6, 6.07) is 7.37. The summed E-state index contributed by atoms with van der Waals surface area (Å²) in [6.45, 7) is 5.83. The Balaban J connectivity index is 2.52. The first-order chi connectivity index (χ1) is 15.4. The number of hydrogen-bond donors (Lipinski definition) is 3. The SMILES string of the molecule is C=C(Cc1c(C#Cc2ccc(S(=O)(=O)C(F)(F)F)cc2)ccc(CCO)c1NCC)C(=O)O. The van der Waals surface area contributed by atoms with Crippen LogP contribution in [0.3, 0.4) is 0 Å². The van der Waals surface area contributed by atoms with Crippen molar-refractivity contribution in [1.29, 1.82) is 0 Å². The van der Waals surface area contributed by atoms with E-state index in [1.165, 1.54) is 0 Å². The van der Waals surface area contributed by atoms with Crippen LogP contribution in [0.25, 0.3) is 0 Å². The molecule has 3 N–H and O–H groups in total. The van der Waals surface area contributed by atoms with Crippen LogP contribution in [0.2, 0.25) is 0 Å².